The van der Waals surface area contributed by atoms with Crippen molar-refractivity contribution in [3.63, 3.8) is 0 Å². The van der Waals surface area contributed by atoms with Gasteiger partial charge in [-0.3, -0.25) is 14.9 Å². The number of hydrogen-bond acceptors (Lipinski definition) is 6. The van der Waals surface area contributed by atoms with Crippen LogP contribution in [0.3, 0.4) is 0 Å². The number of hydrogen-bond donors (Lipinski definition) is 0. The molecule has 9 nitrogen and oxygen atoms in total. The Morgan fingerprint density at radius 2 is 2.19 bits per heavy atom. The molecule has 0 radical (unpaired) electrons. The maximum atomic E-state index is 11.4. The van der Waals surface area contributed by atoms with E-state index in [9.17, 15) is 14.9 Å². The molecule has 0 atom stereocenters. The summed E-state index contributed by atoms with van der Waals surface area (Å²) in [4.78, 5) is 24.4. The van der Waals surface area contributed by atoms with Gasteiger partial charge < -0.3 is 9.47 Å². The average molecular weight is 294 g/mol. The molecule has 0 heterocycles. The van der Waals surface area contributed by atoms with E-state index in [2.05, 4.69) is 10.0 Å². The molecule has 0 aliphatic rings. The van der Waals surface area contributed by atoms with Crippen LogP contribution in [0, 0.1) is 10.1 Å². The Labute approximate surface area is 120 Å². The van der Waals surface area contributed by atoms with E-state index >= 15 is 0 Å². The highest BCUT2D eigenvalue weighted by molar-refractivity contribution is 5.98. The molecule has 0 aliphatic carbocycles. The maximum absolute atomic E-state index is 11.4. The van der Waals surface area contributed by atoms with Crippen molar-refractivity contribution < 1.29 is 19.2 Å². The lowest BCUT2D eigenvalue weighted by Gasteiger charge is -2.11. The summed E-state index contributed by atoms with van der Waals surface area (Å²) in [5, 5.41) is 14.3. The zero-order chi connectivity index (χ0) is 15.8. The van der Waals surface area contributed by atoms with E-state index in [1.165, 1.54) is 20.1 Å². The number of ketones is 1. The Hall–Kier alpha value is -2.80. The van der Waals surface area contributed by atoms with Gasteiger partial charge in [0.25, 0.3) is 5.69 Å². The highest BCUT2D eigenvalue weighted by Gasteiger charge is 2.22. The van der Waals surface area contributed by atoms with Gasteiger partial charge in [-0.2, -0.15) is 0 Å². The molecule has 0 fully saturated rings. The van der Waals surface area contributed by atoms with E-state index in [4.69, 9.17) is 15.0 Å². The third kappa shape index (κ3) is 4.36. The number of carbonyl (C=O) groups is 1. The van der Waals surface area contributed by atoms with Gasteiger partial charge in [0.1, 0.15) is 0 Å². The van der Waals surface area contributed by atoms with Crippen molar-refractivity contribution in [2.75, 3.05) is 20.3 Å². The third-order valence-corrected chi connectivity index (χ3v) is 2.58. The first-order chi connectivity index (χ1) is 10.0. The first kappa shape index (κ1) is 16.3. The molecule has 1 aromatic rings. The van der Waals surface area contributed by atoms with Crippen LogP contribution in [-0.4, -0.2) is 31.0 Å². The molecule has 9 heteroatoms. The quantitative estimate of drug-likeness (QED) is 0.138. The van der Waals surface area contributed by atoms with Crippen molar-refractivity contribution in [1.29, 1.82) is 0 Å². The maximum Gasteiger partial charge on any atom is 0.284 e. The van der Waals surface area contributed by atoms with Gasteiger partial charge in [-0.25, -0.2) is 0 Å². The summed E-state index contributed by atoms with van der Waals surface area (Å²) in [6.45, 7) is 1.70. The molecule has 0 aromatic heterocycles. The molecule has 21 heavy (non-hydrogen) atoms. The van der Waals surface area contributed by atoms with E-state index in [1.807, 2.05) is 0 Å². The van der Waals surface area contributed by atoms with Crippen molar-refractivity contribution in [2.45, 2.75) is 13.3 Å². The second kappa shape index (κ2) is 7.71. The van der Waals surface area contributed by atoms with E-state index in [-0.39, 0.29) is 35.9 Å². The molecule has 1 rings (SSSR count). The normalized spacial score (nSPS) is 9.62. The Morgan fingerprint density at radius 1 is 1.48 bits per heavy atom. The highest BCUT2D eigenvalue weighted by Crippen LogP contribution is 2.35. The van der Waals surface area contributed by atoms with Gasteiger partial charge in [0.05, 0.1) is 30.3 Å². The number of benzene rings is 1. The van der Waals surface area contributed by atoms with Crippen LogP contribution in [0.15, 0.2) is 17.2 Å². The number of azide groups is 1. The predicted octanol–water partition coefficient (Wildman–Crippen LogP) is 2.89. The summed E-state index contributed by atoms with van der Waals surface area (Å²) >= 11 is 0. The van der Waals surface area contributed by atoms with Gasteiger partial charge in [0.15, 0.2) is 17.3 Å². The Morgan fingerprint density at radius 3 is 2.71 bits per heavy atom. The summed E-state index contributed by atoms with van der Waals surface area (Å²) in [5.74, 6) is -0.0420. The molecule has 0 spiro atoms. The minimum atomic E-state index is -0.650. The molecule has 0 saturated heterocycles. The fourth-order valence-electron chi connectivity index (χ4n) is 1.62. The van der Waals surface area contributed by atoms with Crippen LogP contribution >= 0.6 is 0 Å². The SMILES string of the molecule is COc1cc(C(C)=O)c([N+](=O)[O-])cc1OCCCN=[N+]=[N-]. The number of carbonyl (C=O) groups excluding carboxylic acids is 1. The van der Waals surface area contributed by atoms with Crippen molar-refractivity contribution in [2.24, 2.45) is 5.11 Å². The highest BCUT2D eigenvalue weighted by atomic mass is 16.6. The lowest BCUT2D eigenvalue weighted by atomic mass is 10.1. The van der Waals surface area contributed by atoms with Crippen LogP contribution in [0.5, 0.6) is 11.5 Å². The van der Waals surface area contributed by atoms with Gasteiger partial charge >= 0.3 is 0 Å². The van der Waals surface area contributed by atoms with Crippen LogP contribution in [0.1, 0.15) is 23.7 Å². The van der Waals surface area contributed by atoms with E-state index < -0.39 is 10.7 Å². The molecule has 0 bridgehead atoms. The fraction of sp³-hybridized carbons (Fsp3) is 0.417. The second-order valence-electron chi connectivity index (χ2n) is 3.99. The van der Waals surface area contributed by atoms with E-state index in [0.717, 1.165) is 6.07 Å². The lowest BCUT2D eigenvalue weighted by molar-refractivity contribution is -0.385. The fourth-order valence-corrected chi connectivity index (χ4v) is 1.62. The van der Waals surface area contributed by atoms with Gasteiger partial charge in [-0.05, 0) is 18.9 Å². The van der Waals surface area contributed by atoms with Gasteiger partial charge in [0.2, 0.25) is 0 Å². The molecular weight excluding hydrogens is 280 g/mol. The smallest absolute Gasteiger partial charge is 0.284 e. The Balaban J connectivity index is 3.02. The topological polar surface area (TPSA) is 127 Å². The zero-order valence-corrected chi connectivity index (χ0v) is 11.6. The molecule has 0 amide bonds. The summed E-state index contributed by atoms with van der Waals surface area (Å²) in [6.07, 6.45) is 0.454. The predicted molar refractivity (Wildman–Crippen MR) is 73.8 cm³/mol. The number of nitro groups is 1. The number of Topliss-reactive ketones (excluding diaryl/α,β-unsaturated/α-hetero) is 1. The van der Waals surface area contributed by atoms with Crippen LogP contribution in [0.25, 0.3) is 10.4 Å². The zero-order valence-electron chi connectivity index (χ0n) is 11.6. The summed E-state index contributed by atoms with van der Waals surface area (Å²) in [5.41, 5.74) is 7.75. The molecule has 112 valence electrons. The summed E-state index contributed by atoms with van der Waals surface area (Å²) in [7, 11) is 1.37. The van der Waals surface area contributed by atoms with Gasteiger partial charge in [-0.1, -0.05) is 5.11 Å². The molecule has 0 unspecified atom stereocenters. The van der Waals surface area contributed by atoms with Crippen LogP contribution in [0.4, 0.5) is 5.69 Å². The first-order valence-electron chi connectivity index (χ1n) is 6.02. The van der Waals surface area contributed by atoms with Gasteiger partial charge in [-0.15, -0.1) is 0 Å². The number of nitrogens with zero attached hydrogens (tertiary/aromatic N) is 4. The molecule has 0 saturated carbocycles. The van der Waals surface area contributed by atoms with Crippen molar-refractivity contribution in [1.82, 2.24) is 0 Å². The Kier molecular flexibility index (Phi) is 5.97. The van der Waals surface area contributed by atoms with Crippen molar-refractivity contribution in [3.8, 4) is 11.5 Å². The van der Waals surface area contributed by atoms with Crippen molar-refractivity contribution >= 4 is 11.5 Å². The standard InChI is InChI=1S/C12H14N4O5/c1-8(17)9-6-11(20-2)12(7-10(9)16(18)19)21-5-3-4-14-15-13/h6-7H,3-5H2,1-2H3. The Bertz CT molecular complexity index is 596. The third-order valence-electron chi connectivity index (χ3n) is 2.58. The second-order valence-corrected chi connectivity index (χ2v) is 3.99. The van der Waals surface area contributed by atoms with Crippen LogP contribution < -0.4 is 9.47 Å². The first-order valence-corrected chi connectivity index (χ1v) is 6.02. The number of rotatable bonds is 8. The molecule has 1 aromatic carbocycles. The minimum absolute atomic E-state index is 0.0433. The largest absolute Gasteiger partial charge is 0.493 e. The number of methoxy groups -OCH3 is 1. The summed E-state index contributed by atoms with van der Waals surface area (Å²) in [6, 6.07) is 2.44. The van der Waals surface area contributed by atoms with E-state index in [1.54, 1.807) is 0 Å². The average Bonchev–Trinajstić information content (AvgIpc) is 2.46. The number of ether oxygens (including phenoxy) is 2. The van der Waals surface area contributed by atoms with Crippen LogP contribution in [0.2, 0.25) is 0 Å². The molecular formula is C12H14N4O5. The minimum Gasteiger partial charge on any atom is -0.493 e. The molecule has 0 aliphatic heterocycles. The van der Waals surface area contributed by atoms with Gasteiger partial charge in [0, 0.05) is 17.5 Å². The molecule has 0 N–H and O–H groups in total. The summed E-state index contributed by atoms with van der Waals surface area (Å²) < 4.78 is 10.4. The van der Waals surface area contributed by atoms with Crippen LogP contribution in [-0.2, 0) is 0 Å². The lowest BCUT2D eigenvalue weighted by Crippen LogP contribution is -2.05. The monoisotopic (exact) mass is 294 g/mol. The van der Waals surface area contributed by atoms with Crippen molar-refractivity contribution in [3.05, 3.63) is 38.3 Å². The number of nitro benzene ring substituents is 1. The van der Waals surface area contributed by atoms with E-state index in [0.29, 0.717) is 6.42 Å².